The van der Waals surface area contributed by atoms with Gasteiger partial charge in [-0.25, -0.2) is 9.97 Å². The van der Waals surface area contributed by atoms with E-state index in [1.54, 1.807) is 0 Å². The molecule has 3 atom stereocenters. The zero-order valence-electron chi connectivity index (χ0n) is 12.9. The molecule has 0 unspecified atom stereocenters. The van der Waals surface area contributed by atoms with Crippen molar-refractivity contribution in [2.45, 2.75) is 77.0 Å². The summed E-state index contributed by atoms with van der Waals surface area (Å²) in [6.45, 7) is 4.58. The molecule has 20 heavy (non-hydrogen) atoms. The fraction of sp³-hybridized carbons (Fsp3) is 0.765. The van der Waals surface area contributed by atoms with Crippen molar-refractivity contribution in [2.75, 3.05) is 5.73 Å². The van der Waals surface area contributed by atoms with Gasteiger partial charge in [0.2, 0.25) is 5.95 Å². The molecule has 0 fully saturated rings. The molecule has 2 aliphatic rings. The Morgan fingerprint density at radius 2 is 2.00 bits per heavy atom. The van der Waals surface area contributed by atoms with Crippen LogP contribution >= 0.6 is 0 Å². The molecule has 0 aliphatic heterocycles. The van der Waals surface area contributed by atoms with E-state index >= 15 is 0 Å². The molecule has 0 bridgehead atoms. The Kier molecular flexibility index (Phi) is 3.95. The van der Waals surface area contributed by atoms with Gasteiger partial charge in [0, 0.05) is 11.6 Å². The van der Waals surface area contributed by atoms with Gasteiger partial charge in [-0.05, 0) is 43.1 Å². The zero-order chi connectivity index (χ0) is 14.1. The maximum atomic E-state index is 5.96. The van der Waals surface area contributed by atoms with Crippen molar-refractivity contribution in [2.24, 2.45) is 5.92 Å². The molecule has 1 heterocycles. The van der Waals surface area contributed by atoms with Gasteiger partial charge < -0.3 is 5.73 Å². The Labute approximate surface area is 122 Å². The van der Waals surface area contributed by atoms with Crippen molar-refractivity contribution in [3.63, 3.8) is 0 Å². The molecule has 0 spiro atoms. The van der Waals surface area contributed by atoms with Gasteiger partial charge >= 0.3 is 0 Å². The number of nitrogens with two attached hydrogens (primary N) is 1. The molecule has 2 N–H and O–H groups in total. The van der Waals surface area contributed by atoms with Crippen molar-refractivity contribution >= 4 is 5.95 Å². The topological polar surface area (TPSA) is 51.8 Å². The van der Waals surface area contributed by atoms with E-state index in [2.05, 4.69) is 18.8 Å². The van der Waals surface area contributed by atoms with Crippen LogP contribution in [0.5, 0.6) is 0 Å². The van der Waals surface area contributed by atoms with Crippen LogP contribution in [-0.2, 0) is 6.42 Å². The van der Waals surface area contributed by atoms with Gasteiger partial charge in [0.1, 0.15) is 0 Å². The van der Waals surface area contributed by atoms with Crippen molar-refractivity contribution in [3.8, 4) is 0 Å². The molecular formula is C17H27N3. The number of nitrogens with zero attached hydrogens (tertiary/aromatic N) is 2. The Hall–Kier alpha value is -1.12. The van der Waals surface area contributed by atoms with Crippen LogP contribution in [0.25, 0.3) is 0 Å². The Balaban J connectivity index is 1.99. The summed E-state index contributed by atoms with van der Waals surface area (Å²) in [5.74, 6) is 2.65. The molecule has 0 aromatic carbocycles. The number of hydrogen-bond acceptors (Lipinski definition) is 3. The van der Waals surface area contributed by atoms with E-state index in [0.29, 0.717) is 11.9 Å². The Morgan fingerprint density at radius 3 is 2.75 bits per heavy atom. The predicted molar refractivity (Wildman–Crippen MR) is 82.8 cm³/mol. The Morgan fingerprint density at radius 1 is 1.15 bits per heavy atom. The molecule has 1 aromatic rings. The Bertz CT molecular complexity index is 483. The van der Waals surface area contributed by atoms with Gasteiger partial charge in [0.15, 0.2) is 0 Å². The zero-order valence-corrected chi connectivity index (χ0v) is 12.9. The number of hydrogen-bond donors (Lipinski definition) is 1. The number of aromatic nitrogens is 2. The maximum absolute atomic E-state index is 5.96. The summed E-state index contributed by atoms with van der Waals surface area (Å²) in [7, 11) is 0. The van der Waals surface area contributed by atoms with Crippen LogP contribution in [0.1, 0.15) is 87.6 Å². The van der Waals surface area contributed by atoms with Crippen LogP contribution in [0.3, 0.4) is 0 Å². The van der Waals surface area contributed by atoms with E-state index in [9.17, 15) is 0 Å². The van der Waals surface area contributed by atoms with Crippen LogP contribution in [0.4, 0.5) is 5.95 Å². The second kappa shape index (κ2) is 5.71. The van der Waals surface area contributed by atoms with E-state index in [4.69, 9.17) is 10.7 Å². The molecule has 3 heteroatoms. The minimum Gasteiger partial charge on any atom is -0.368 e. The molecule has 0 radical (unpaired) electrons. The molecule has 0 saturated heterocycles. The third-order valence-corrected chi connectivity index (χ3v) is 5.24. The maximum Gasteiger partial charge on any atom is 0.220 e. The number of unbranched alkanes of at least 4 members (excludes halogenated alkanes) is 1. The minimum absolute atomic E-state index is 0.498. The van der Waals surface area contributed by atoms with Crippen LogP contribution in [0, 0.1) is 5.92 Å². The second-order valence-electron chi connectivity index (χ2n) is 6.60. The molecule has 0 amide bonds. The monoisotopic (exact) mass is 273 g/mol. The highest BCUT2D eigenvalue weighted by Crippen LogP contribution is 2.51. The molecule has 3 nitrogen and oxygen atoms in total. The predicted octanol–water partition coefficient (Wildman–Crippen LogP) is 4.18. The van der Waals surface area contributed by atoms with Crippen LogP contribution in [0.2, 0.25) is 0 Å². The number of aryl methyl sites for hydroxylation is 1. The average Bonchev–Trinajstić information content (AvgIpc) is 2.82. The van der Waals surface area contributed by atoms with E-state index in [1.807, 2.05) is 0 Å². The van der Waals surface area contributed by atoms with E-state index in [1.165, 1.54) is 61.9 Å². The fourth-order valence-electron chi connectivity index (χ4n) is 4.40. The standard InChI is InChI=1S/C17H27N3/c1-3-5-7-13-11(6-4-2)10-12-8-9-14-15(12)16(13)20-17(18)19-14/h11-13H,3-10H2,1-2H3,(H2,18,19,20)/t11-,12+,13+/m1/s1. The van der Waals surface area contributed by atoms with Gasteiger partial charge in [0.25, 0.3) is 0 Å². The molecule has 0 saturated carbocycles. The first-order chi connectivity index (χ1) is 9.74. The van der Waals surface area contributed by atoms with Crippen molar-refractivity contribution < 1.29 is 0 Å². The highest BCUT2D eigenvalue weighted by Gasteiger charge is 2.39. The fourth-order valence-corrected chi connectivity index (χ4v) is 4.40. The molecule has 2 aliphatic carbocycles. The van der Waals surface area contributed by atoms with E-state index < -0.39 is 0 Å². The lowest BCUT2D eigenvalue weighted by atomic mass is 9.70. The first kappa shape index (κ1) is 13.8. The first-order valence-electron chi connectivity index (χ1n) is 8.40. The second-order valence-corrected chi connectivity index (χ2v) is 6.60. The smallest absolute Gasteiger partial charge is 0.220 e. The largest absolute Gasteiger partial charge is 0.368 e. The quantitative estimate of drug-likeness (QED) is 0.875. The lowest BCUT2D eigenvalue weighted by molar-refractivity contribution is 0.292. The van der Waals surface area contributed by atoms with Gasteiger partial charge in [0.05, 0.1) is 5.69 Å². The first-order valence-corrected chi connectivity index (χ1v) is 8.40. The average molecular weight is 273 g/mol. The van der Waals surface area contributed by atoms with Crippen LogP contribution < -0.4 is 5.73 Å². The van der Waals surface area contributed by atoms with Crippen molar-refractivity contribution in [1.82, 2.24) is 9.97 Å². The molecule has 1 aromatic heterocycles. The molecule has 110 valence electrons. The summed E-state index contributed by atoms with van der Waals surface area (Å²) in [4.78, 5) is 9.20. The van der Waals surface area contributed by atoms with Gasteiger partial charge in [-0.1, -0.05) is 39.5 Å². The third kappa shape index (κ3) is 2.32. The molecule has 3 rings (SSSR count). The highest BCUT2D eigenvalue weighted by atomic mass is 15.0. The summed E-state index contributed by atoms with van der Waals surface area (Å²) in [6, 6.07) is 0. The summed E-state index contributed by atoms with van der Waals surface area (Å²) in [6.07, 6.45) is 10.2. The van der Waals surface area contributed by atoms with Crippen LogP contribution in [0.15, 0.2) is 0 Å². The third-order valence-electron chi connectivity index (χ3n) is 5.24. The summed E-state index contributed by atoms with van der Waals surface area (Å²) in [5.41, 5.74) is 10.0. The number of rotatable bonds is 5. The highest BCUT2D eigenvalue weighted by molar-refractivity contribution is 5.42. The normalized spacial score (nSPS) is 27.6. The summed E-state index contributed by atoms with van der Waals surface area (Å²) >= 11 is 0. The number of anilines is 1. The lowest BCUT2D eigenvalue weighted by Gasteiger charge is -2.36. The summed E-state index contributed by atoms with van der Waals surface area (Å²) < 4.78 is 0. The van der Waals surface area contributed by atoms with Crippen molar-refractivity contribution in [1.29, 1.82) is 0 Å². The molecular weight excluding hydrogens is 246 g/mol. The van der Waals surface area contributed by atoms with Gasteiger partial charge in [-0.3, -0.25) is 0 Å². The van der Waals surface area contributed by atoms with E-state index in [-0.39, 0.29) is 0 Å². The van der Waals surface area contributed by atoms with E-state index in [0.717, 1.165) is 18.3 Å². The lowest BCUT2D eigenvalue weighted by Crippen LogP contribution is -2.25. The summed E-state index contributed by atoms with van der Waals surface area (Å²) in [5, 5.41) is 0. The van der Waals surface area contributed by atoms with Crippen molar-refractivity contribution in [3.05, 3.63) is 17.0 Å². The van der Waals surface area contributed by atoms with Gasteiger partial charge in [-0.2, -0.15) is 0 Å². The minimum atomic E-state index is 0.498. The SMILES string of the molecule is CCCC[C@@H]1c2nc(N)nc3c2[C@@H](CC3)C[C@H]1CCC. The number of nitrogen functional groups attached to an aromatic ring is 1. The van der Waals surface area contributed by atoms with Gasteiger partial charge in [-0.15, -0.1) is 0 Å². The van der Waals surface area contributed by atoms with Crippen LogP contribution in [-0.4, -0.2) is 9.97 Å².